The van der Waals surface area contributed by atoms with Gasteiger partial charge in [-0.25, -0.2) is 0 Å². The van der Waals surface area contributed by atoms with Gasteiger partial charge in [-0.3, -0.25) is 14.5 Å². The molecule has 1 N–H and O–H groups in total. The minimum atomic E-state index is -1.11. The fraction of sp³-hybridized carbons (Fsp3) is 0.379. The second-order valence-electron chi connectivity index (χ2n) is 9.18. The van der Waals surface area contributed by atoms with E-state index in [4.69, 9.17) is 23.4 Å². The summed E-state index contributed by atoms with van der Waals surface area (Å²) in [4.78, 5) is 29.6. The lowest BCUT2D eigenvalue weighted by Crippen LogP contribution is -2.46. The summed E-state index contributed by atoms with van der Waals surface area (Å²) < 4.78 is 27.8. The number of nitrogens with zero attached hydrogens (tertiary/aromatic N) is 1. The molecule has 1 aromatic heterocycles. The third-order valence-corrected chi connectivity index (χ3v) is 6.76. The molecule has 1 fully saturated rings. The first-order valence-corrected chi connectivity index (χ1v) is 12.5. The predicted octanol–water partition coefficient (Wildman–Crippen LogP) is 5.07. The van der Waals surface area contributed by atoms with Crippen LogP contribution in [0.1, 0.15) is 53.4 Å². The molecule has 2 amide bonds. The molecular weight excluding hydrogens is 488 g/mol. The van der Waals surface area contributed by atoms with E-state index < -0.39 is 11.9 Å². The van der Waals surface area contributed by atoms with E-state index in [1.165, 1.54) is 39.6 Å². The van der Waals surface area contributed by atoms with Crippen molar-refractivity contribution >= 4 is 17.5 Å². The zero-order valence-corrected chi connectivity index (χ0v) is 22.4. The molecule has 0 spiro atoms. The highest BCUT2D eigenvalue weighted by atomic mass is 16.5. The number of nitrogens with one attached hydrogen (secondary N) is 1. The van der Waals surface area contributed by atoms with Crippen molar-refractivity contribution in [1.29, 1.82) is 0 Å². The van der Waals surface area contributed by atoms with Crippen molar-refractivity contribution in [3.8, 4) is 23.0 Å². The average molecular weight is 523 g/mol. The number of hydrogen-bond acceptors (Lipinski definition) is 7. The Hall–Kier alpha value is -4.14. The molecular formula is C29H34N2O7. The third-order valence-electron chi connectivity index (χ3n) is 6.76. The van der Waals surface area contributed by atoms with Crippen LogP contribution in [0, 0.1) is 6.92 Å². The lowest BCUT2D eigenvalue weighted by molar-refractivity contribution is -0.123. The van der Waals surface area contributed by atoms with E-state index in [9.17, 15) is 9.59 Å². The van der Waals surface area contributed by atoms with Gasteiger partial charge in [0.25, 0.3) is 5.91 Å². The summed E-state index contributed by atoms with van der Waals surface area (Å²) in [6, 6.07) is 10.9. The highest BCUT2D eigenvalue weighted by Crippen LogP contribution is 2.43. The van der Waals surface area contributed by atoms with Gasteiger partial charge in [0, 0.05) is 6.04 Å². The highest BCUT2D eigenvalue weighted by molar-refractivity contribution is 6.09. The van der Waals surface area contributed by atoms with E-state index in [-0.39, 0.29) is 17.7 Å². The SMILES string of the molecule is COc1ccc(C)cc1N(C(=O)c1ccco1)[C@H](C(=O)NC1CCCC1)c1cc(OC)c(OC)c(OC)c1. The van der Waals surface area contributed by atoms with E-state index in [1.807, 2.05) is 19.1 Å². The van der Waals surface area contributed by atoms with Crippen molar-refractivity contribution in [3.63, 3.8) is 0 Å². The lowest BCUT2D eigenvalue weighted by atomic mass is 10.00. The third kappa shape index (κ3) is 5.41. The van der Waals surface area contributed by atoms with Crippen molar-refractivity contribution in [2.24, 2.45) is 0 Å². The van der Waals surface area contributed by atoms with Crippen molar-refractivity contribution in [3.05, 3.63) is 65.6 Å². The molecule has 9 heteroatoms. The van der Waals surface area contributed by atoms with Gasteiger partial charge in [0.15, 0.2) is 17.3 Å². The van der Waals surface area contributed by atoms with Crippen molar-refractivity contribution < 1.29 is 33.0 Å². The van der Waals surface area contributed by atoms with Gasteiger partial charge < -0.3 is 28.7 Å². The quantitative estimate of drug-likeness (QED) is 0.397. The zero-order valence-electron chi connectivity index (χ0n) is 22.4. The number of methoxy groups -OCH3 is 4. The van der Waals surface area contributed by atoms with Crippen LogP contribution >= 0.6 is 0 Å². The van der Waals surface area contributed by atoms with Gasteiger partial charge in [-0.15, -0.1) is 0 Å². The largest absolute Gasteiger partial charge is 0.495 e. The monoisotopic (exact) mass is 522 g/mol. The molecule has 1 saturated carbocycles. The van der Waals surface area contributed by atoms with Crippen LogP contribution < -0.4 is 29.2 Å². The van der Waals surface area contributed by atoms with E-state index in [1.54, 1.807) is 30.3 Å². The number of furan rings is 1. The highest BCUT2D eigenvalue weighted by Gasteiger charge is 2.38. The molecule has 0 unspecified atom stereocenters. The standard InChI is InChI=1S/C29H34N2O7/c1-18-12-13-22(34-2)21(15-18)31(29(33)23-11-8-14-38-23)26(28(32)30-20-9-6-7-10-20)19-16-24(35-3)27(37-5)25(17-19)36-4/h8,11-17,20,26H,6-7,9-10H2,1-5H3,(H,30,32)/t26-/m0/s1. The van der Waals surface area contributed by atoms with Crippen LogP contribution in [0.2, 0.25) is 0 Å². The van der Waals surface area contributed by atoms with E-state index in [2.05, 4.69) is 5.32 Å². The molecule has 0 radical (unpaired) electrons. The Bertz CT molecular complexity index is 1240. The number of anilines is 1. The molecule has 0 aliphatic heterocycles. The minimum Gasteiger partial charge on any atom is -0.495 e. The summed E-state index contributed by atoms with van der Waals surface area (Å²) in [5, 5.41) is 3.17. The second kappa shape index (κ2) is 11.9. The number of hydrogen-bond donors (Lipinski definition) is 1. The summed E-state index contributed by atoms with van der Waals surface area (Å²) in [6.45, 7) is 1.91. The first-order chi connectivity index (χ1) is 18.4. The second-order valence-corrected chi connectivity index (χ2v) is 9.18. The molecule has 38 heavy (non-hydrogen) atoms. The van der Waals surface area contributed by atoms with Crippen LogP contribution in [0.5, 0.6) is 23.0 Å². The van der Waals surface area contributed by atoms with Crippen LogP contribution in [0.4, 0.5) is 5.69 Å². The topological polar surface area (TPSA) is 99.5 Å². The summed E-state index contributed by atoms with van der Waals surface area (Å²) in [7, 11) is 6.04. The maximum absolute atomic E-state index is 14.1. The van der Waals surface area contributed by atoms with Crippen molar-refractivity contribution in [2.75, 3.05) is 33.3 Å². The molecule has 3 aromatic rings. The van der Waals surface area contributed by atoms with Gasteiger partial charge in [-0.05, 0) is 67.3 Å². The molecule has 2 aromatic carbocycles. The number of benzene rings is 2. The maximum Gasteiger partial charge on any atom is 0.295 e. The summed E-state index contributed by atoms with van der Waals surface area (Å²) in [5.41, 5.74) is 1.78. The van der Waals surface area contributed by atoms with Gasteiger partial charge >= 0.3 is 0 Å². The molecule has 1 atom stereocenters. The maximum atomic E-state index is 14.1. The predicted molar refractivity (Wildman–Crippen MR) is 142 cm³/mol. The molecule has 1 aliphatic carbocycles. The van der Waals surface area contributed by atoms with Crippen LogP contribution in [-0.4, -0.2) is 46.3 Å². The number of aryl methyl sites for hydroxylation is 1. The van der Waals surface area contributed by atoms with E-state index >= 15 is 0 Å². The normalized spacial score (nSPS) is 14.0. The molecule has 1 aliphatic rings. The summed E-state index contributed by atoms with van der Waals surface area (Å²) in [5.74, 6) is 0.783. The lowest BCUT2D eigenvalue weighted by Gasteiger charge is -2.33. The Morgan fingerprint density at radius 1 is 0.921 bits per heavy atom. The Balaban J connectivity index is 1.96. The number of carbonyl (C=O) groups is 2. The molecule has 0 bridgehead atoms. The van der Waals surface area contributed by atoms with Gasteiger partial charge in [-0.1, -0.05) is 18.9 Å². The van der Waals surface area contributed by atoms with E-state index in [0.717, 1.165) is 31.2 Å². The first kappa shape index (κ1) is 26.9. The molecule has 9 nitrogen and oxygen atoms in total. The Morgan fingerprint density at radius 2 is 1.58 bits per heavy atom. The van der Waals surface area contributed by atoms with E-state index in [0.29, 0.717) is 34.2 Å². The number of amides is 2. The minimum absolute atomic E-state index is 0.0204. The molecule has 1 heterocycles. The van der Waals surface area contributed by atoms with Gasteiger partial charge in [0.2, 0.25) is 11.7 Å². The van der Waals surface area contributed by atoms with Crippen LogP contribution in [0.25, 0.3) is 0 Å². The average Bonchev–Trinajstić information content (AvgIpc) is 3.65. The zero-order chi connectivity index (χ0) is 27.2. The number of rotatable bonds is 10. The summed E-state index contributed by atoms with van der Waals surface area (Å²) in [6.07, 6.45) is 5.27. The van der Waals surface area contributed by atoms with Crippen molar-refractivity contribution in [1.82, 2.24) is 5.32 Å². The Morgan fingerprint density at radius 3 is 2.13 bits per heavy atom. The Labute approximate surface area is 222 Å². The Kier molecular flexibility index (Phi) is 8.45. The van der Waals surface area contributed by atoms with Crippen LogP contribution in [0.15, 0.2) is 53.1 Å². The smallest absolute Gasteiger partial charge is 0.295 e. The van der Waals surface area contributed by atoms with Gasteiger partial charge in [0.1, 0.15) is 11.8 Å². The van der Waals surface area contributed by atoms with Crippen LogP contribution in [0.3, 0.4) is 0 Å². The molecule has 202 valence electrons. The number of ether oxygens (including phenoxy) is 4. The fourth-order valence-corrected chi connectivity index (χ4v) is 4.90. The molecule has 0 saturated heterocycles. The van der Waals surface area contributed by atoms with Crippen LogP contribution in [-0.2, 0) is 4.79 Å². The fourth-order valence-electron chi connectivity index (χ4n) is 4.90. The molecule has 4 rings (SSSR count). The number of carbonyl (C=O) groups excluding carboxylic acids is 2. The van der Waals surface area contributed by atoms with Gasteiger partial charge in [-0.2, -0.15) is 0 Å². The summed E-state index contributed by atoms with van der Waals surface area (Å²) >= 11 is 0. The van der Waals surface area contributed by atoms with Gasteiger partial charge in [0.05, 0.1) is 40.4 Å². The first-order valence-electron chi connectivity index (χ1n) is 12.5. The van der Waals surface area contributed by atoms with Crippen molar-refractivity contribution in [2.45, 2.75) is 44.7 Å².